The largest absolute Gasteiger partial charge is 0.456 e. The van der Waals surface area contributed by atoms with Gasteiger partial charge in [0.25, 0.3) is 5.69 Å². The lowest BCUT2D eigenvalue weighted by Crippen LogP contribution is -2.43. The highest BCUT2D eigenvalue weighted by atomic mass is 16.6. The number of fused-ring (bicyclic) bond motifs is 1. The number of hydrogen-bond donors (Lipinski definition) is 0. The molecule has 8 nitrogen and oxygen atoms in total. The van der Waals surface area contributed by atoms with E-state index in [0.29, 0.717) is 28.1 Å². The number of hydrogen-bond acceptors (Lipinski definition) is 7. The van der Waals surface area contributed by atoms with Crippen LogP contribution < -0.4 is 0 Å². The van der Waals surface area contributed by atoms with Crippen molar-refractivity contribution in [3.63, 3.8) is 0 Å². The van der Waals surface area contributed by atoms with E-state index in [-0.39, 0.29) is 31.3 Å². The molecular weight excluding hydrogens is 328 g/mol. The molecule has 3 heterocycles. The Labute approximate surface area is 142 Å². The molecule has 0 amide bonds. The van der Waals surface area contributed by atoms with E-state index in [0.717, 1.165) is 0 Å². The fraction of sp³-hybridized carbons (Fsp3) is 0.353. The van der Waals surface area contributed by atoms with E-state index in [2.05, 4.69) is 4.99 Å². The number of carbonyl (C=O) groups is 2. The third-order valence-corrected chi connectivity index (χ3v) is 4.78. The number of Topliss-reactive ketones (excluding diaryl/α,β-unsaturated/α-hetero) is 1. The van der Waals surface area contributed by atoms with Gasteiger partial charge in [-0.05, 0) is 12.5 Å². The maximum absolute atomic E-state index is 12.5. The van der Waals surface area contributed by atoms with E-state index in [1.54, 1.807) is 19.1 Å². The van der Waals surface area contributed by atoms with Crippen molar-refractivity contribution in [1.82, 2.24) is 0 Å². The Morgan fingerprint density at radius 2 is 2.00 bits per heavy atom. The lowest BCUT2D eigenvalue weighted by molar-refractivity contribution is -0.385. The molecule has 0 N–H and O–H groups in total. The number of cyclic esters (lactones) is 1. The summed E-state index contributed by atoms with van der Waals surface area (Å²) in [5, 5.41) is 11.3. The molecule has 0 bridgehead atoms. The second kappa shape index (κ2) is 5.59. The first-order valence-corrected chi connectivity index (χ1v) is 7.80. The third kappa shape index (κ3) is 2.37. The van der Waals surface area contributed by atoms with Gasteiger partial charge < -0.3 is 9.47 Å². The van der Waals surface area contributed by atoms with Crippen LogP contribution in [0.15, 0.2) is 34.5 Å². The minimum absolute atomic E-state index is 0.0447. The highest BCUT2D eigenvalue weighted by molar-refractivity contribution is 6.12. The van der Waals surface area contributed by atoms with Crippen LogP contribution in [0.2, 0.25) is 0 Å². The number of carbonyl (C=O) groups excluding carboxylic acids is 2. The minimum atomic E-state index is -0.652. The van der Waals surface area contributed by atoms with Crippen molar-refractivity contribution < 1.29 is 24.0 Å². The molecule has 0 aliphatic carbocycles. The number of benzene rings is 1. The van der Waals surface area contributed by atoms with Gasteiger partial charge in [-0.1, -0.05) is 12.1 Å². The van der Waals surface area contributed by atoms with Gasteiger partial charge in [-0.25, -0.2) is 4.79 Å². The van der Waals surface area contributed by atoms with Crippen molar-refractivity contribution in [2.45, 2.75) is 12.8 Å². The summed E-state index contributed by atoms with van der Waals surface area (Å²) in [4.78, 5) is 39.9. The van der Waals surface area contributed by atoms with Crippen LogP contribution in [0.25, 0.3) is 0 Å². The van der Waals surface area contributed by atoms with Gasteiger partial charge in [0, 0.05) is 17.5 Å². The van der Waals surface area contributed by atoms with Gasteiger partial charge in [-0.2, -0.15) is 0 Å². The summed E-state index contributed by atoms with van der Waals surface area (Å²) in [6.07, 6.45) is 0. The summed E-state index contributed by atoms with van der Waals surface area (Å²) in [5.74, 6) is -2.00. The second-order valence-corrected chi connectivity index (χ2v) is 6.26. The van der Waals surface area contributed by atoms with Crippen LogP contribution in [0.1, 0.15) is 17.0 Å². The van der Waals surface area contributed by atoms with Crippen molar-refractivity contribution in [1.29, 1.82) is 0 Å². The van der Waals surface area contributed by atoms with Gasteiger partial charge in [-0.15, -0.1) is 0 Å². The third-order valence-electron chi connectivity index (χ3n) is 4.78. The van der Waals surface area contributed by atoms with Gasteiger partial charge in [-0.3, -0.25) is 19.9 Å². The summed E-state index contributed by atoms with van der Waals surface area (Å²) in [6.45, 7) is 1.82. The molecule has 25 heavy (non-hydrogen) atoms. The topological polar surface area (TPSA) is 108 Å². The number of aryl methyl sites for hydroxylation is 1. The first-order valence-electron chi connectivity index (χ1n) is 7.80. The van der Waals surface area contributed by atoms with Gasteiger partial charge in [0.2, 0.25) is 0 Å². The van der Waals surface area contributed by atoms with E-state index < -0.39 is 22.7 Å². The predicted octanol–water partition coefficient (Wildman–Crippen LogP) is 1.47. The van der Waals surface area contributed by atoms with Crippen molar-refractivity contribution >= 4 is 23.2 Å². The monoisotopic (exact) mass is 342 g/mol. The van der Waals surface area contributed by atoms with E-state index in [4.69, 9.17) is 9.47 Å². The lowest BCUT2D eigenvalue weighted by Gasteiger charge is -2.33. The molecule has 0 spiro atoms. The Kier molecular flexibility index (Phi) is 3.50. The van der Waals surface area contributed by atoms with Crippen LogP contribution >= 0.6 is 0 Å². The normalized spacial score (nSPS) is 25.2. The first-order chi connectivity index (χ1) is 12.0. The predicted molar refractivity (Wildman–Crippen MR) is 85.3 cm³/mol. The molecule has 3 aliphatic heterocycles. The van der Waals surface area contributed by atoms with Crippen LogP contribution in [-0.4, -0.2) is 42.2 Å². The highest BCUT2D eigenvalue weighted by Gasteiger charge is 2.47. The zero-order valence-corrected chi connectivity index (χ0v) is 13.4. The molecule has 8 heteroatoms. The Morgan fingerprint density at radius 1 is 1.20 bits per heavy atom. The smallest absolute Gasteiger partial charge is 0.337 e. The molecule has 2 unspecified atom stereocenters. The molecule has 0 saturated carbocycles. The van der Waals surface area contributed by atoms with Crippen molar-refractivity contribution in [3.8, 4) is 0 Å². The fourth-order valence-electron chi connectivity index (χ4n) is 3.62. The standard InChI is InChI=1S/C17H14N2O6/c1-8-2-3-9(4-12(8)19(22)23)14-15-10(5-24-7-13(15)20)18-11-6-25-17(21)16(11)14/h2-4,14-15H,5-7H2,1H3. The van der Waals surface area contributed by atoms with Gasteiger partial charge >= 0.3 is 5.97 Å². The number of nitro groups is 1. The molecule has 2 atom stereocenters. The second-order valence-electron chi connectivity index (χ2n) is 6.26. The first kappa shape index (κ1) is 15.6. The zero-order valence-electron chi connectivity index (χ0n) is 13.4. The van der Waals surface area contributed by atoms with Crippen LogP contribution in [0.5, 0.6) is 0 Å². The van der Waals surface area contributed by atoms with Gasteiger partial charge in [0.15, 0.2) is 5.78 Å². The molecule has 0 radical (unpaired) electrons. The van der Waals surface area contributed by atoms with Crippen molar-refractivity contribution in [2.75, 3.05) is 19.8 Å². The van der Waals surface area contributed by atoms with E-state index >= 15 is 0 Å². The average molecular weight is 342 g/mol. The Bertz CT molecular complexity index is 885. The maximum atomic E-state index is 12.5. The molecule has 1 saturated heterocycles. The molecule has 1 aromatic rings. The SMILES string of the molecule is Cc1ccc(C2C3=C(COC3=O)N=C3COCC(=O)C32)cc1[N+](=O)[O-]. The summed E-state index contributed by atoms with van der Waals surface area (Å²) < 4.78 is 10.3. The molecule has 4 rings (SSSR count). The number of esters is 1. The van der Waals surface area contributed by atoms with E-state index in [1.165, 1.54) is 6.07 Å². The molecule has 3 aliphatic rings. The summed E-state index contributed by atoms with van der Waals surface area (Å²) >= 11 is 0. The van der Waals surface area contributed by atoms with Crippen molar-refractivity contribution in [3.05, 3.63) is 50.7 Å². The highest BCUT2D eigenvalue weighted by Crippen LogP contribution is 2.44. The molecule has 1 fully saturated rings. The number of nitrogens with zero attached hydrogens (tertiary/aromatic N) is 2. The molecular formula is C17H14N2O6. The molecule has 128 valence electrons. The van der Waals surface area contributed by atoms with Crippen LogP contribution in [0.4, 0.5) is 5.69 Å². The summed E-state index contributed by atoms with van der Waals surface area (Å²) in [6, 6.07) is 4.78. The number of ether oxygens (including phenoxy) is 2. The zero-order chi connectivity index (χ0) is 17.7. The Morgan fingerprint density at radius 3 is 2.76 bits per heavy atom. The number of ketones is 1. The maximum Gasteiger partial charge on any atom is 0.337 e. The number of rotatable bonds is 2. The van der Waals surface area contributed by atoms with E-state index in [9.17, 15) is 19.7 Å². The van der Waals surface area contributed by atoms with Crippen LogP contribution in [-0.2, 0) is 19.1 Å². The number of nitro benzene ring substituents is 1. The van der Waals surface area contributed by atoms with Gasteiger partial charge in [0.1, 0.15) is 13.2 Å². The Hall–Kier alpha value is -2.87. The fourth-order valence-corrected chi connectivity index (χ4v) is 3.62. The number of aliphatic imine (C=N–C) groups is 1. The average Bonchev–Trinajstić information content (AvgIpc) is 2.94. The van der Waals surface area contributed by atoms with Gasteiger partial charge in [0.05, 0.1) is 34.4 Å². The van der Waals surface area contributed by atoms with Crippen molar-refractivity contribution in [2.24, 2.45) is 10.9 Å². The summed E-state index contributed by atoms with van der Waals surface area (Å²) in [5.41, 5.74) is 2.34. The minimum Gasteiger partial charge on any atom is -0.456 e. The molecule has 0 aromatic heterocycles. The lowest BCUT2D eigenvalue weighted by atomic mass is 9.73. The Balaban J connectivity index is 1.90. The molecule has 1 aromatic carbocycles. The summed E-state index contributed by atoms with van der Waals surface area (Å²) in [7, 11) is 0. The van der Waals surface area contributed by atoms with Crippen LogP contribution in [0, 0.1) is 23.0 Å². The van der Waals surface area contributed by atoms with E-state index in [1.807, 2.05) is 0 Å². The van der Waals surface area contributed by atoms with Crippen LogP contribution in [0.3, 0.4) is 0 Å². The quantitative estimate of drug-likeness (QED) is 0.457.